The van der Waals surface area contributed by atoms with E-state index in [0.29, 0.717) is 23.2 Å². The van der Waals surface area contributed by atoms with Crippen molar-refractivity contribution in [1.82, 2.24) is 19.9 Å². The number of hydrogen-bond donors (Lipinski definition) is 0. The third kappa shape index (κ3) is 4.91. The predicted molar refractivity (Wildman–Crippen MR) is 190 cm³/mol. The number of para-hydroxylation sites is 1. The maximum Gasteiger partial charge on any atom is 0.227 e. The van der Waals surface area contributed by atoms with Crippen LogP contribution in [0, 0.1) is 0 Å². The third-order valence-electron chi connectivity index (χ3n) is 8.59. The number of fused-ring (bicyclic) bond motifs is 4. The Balaban J connectivity index is 1.29. The largest absolute Gasteiger partial charge is 0.438 e. The van der Waals surface area contributed by atoms with Gasteiger partial charge in [-0.3, -0.25) is 0 Å². The van der Waals surface area contributed by atoms with Crippen LogP contribution in [0.3, 0.4) is 0 Å². The van der Waals surface area contributed by atoms with Gasteiger partial charge in [-0.2, -0.15) is 0 Å². The maximum atomic E-state index is 6.02. The molecular weight excluding hydrogens is 576 g/mol. The molecule has 0 aliphatic rings. The lowest BCUT2D eigenvalue weighted by molar-refractivity contribution is 0.654. The zero-order valence-electron chi connectivity index (χ0n) is 25.2. The van der Waals surface area contributed by atoms with Gasteiger partial charge in [-0.05, 0) is 51.7 Å². The molecule has 0 N–H and O–H groups in total. The summed E-state index contributed by atoms with van der Waals surface area (Å²) in [5.41, 5.74) is 8.33. The van der Waals surface area contributed by atoms with Crippen LogP contribution in [0.5, 0.6) is 0 Å². The van der Waals surface area contributed by atoms with Crippen LogP contribution >= 0.6 is 0 Å². The summed E-state index contributed by atoms with van der Waals surface area (Å²) in [4.78, 5) is 19.9. The van der Waals surface area contributed by atoms with E-state index in [2.05, 4.69) is 72.8 Å². The van der Waals surface area contributed by atoms with E-state index in [0.717, 1.165) is 55.3 Å². The second kappa shape index (κ2) is 11.2. The SMILES string of the molecule is c1ccc(-c2nc(-c3ccccc3)nc(-c3cc(-c4cnc5oc6ccccc6c5c4)ccc3-c3ccc4ccccc4c3)n2)cc1. The lowest BCUT2D eigenvalue weighted by Crippen LogP contribution is -2.01. The molecule has 0 radical (unpaired) electrons. The van der Waals surface area contributed by atoms with Crippen LogP contribution in [0.2, 0.25) is 0 Å². The Labute approximate surface area is 270 Å². The van der Waals surface area contributed by atoms with E-state index in [9.17, 15) is 0 Å². The lowest BCUT2D eigenvalue weighted by atomic mass is 9.93. The van der Waals surface area contributed by atoms with Crippen molar-refractivity contribution in [3.63, 3.8) is 0 Å². The molecule has 0 atom stereocenters. The first kappa shape index (κ1) is 26.9. The third-order valence-corrected chi connectivity index (χ3v) is 8.59. The second-order valence-electron chi connectivity index (χ2n) is 11.5. The summed E-state index contributed by atoms with van der Waals surface area (Å²) in [5.74, 6) is 1.85. The quantitative estimate of drug-likeness (QED) is 0.196. The Morgan fingerprint density at radius 2 is 1.02 bits per heavy atom. The highest BCUT2D eigenvalue weighted by Crippen LogP contribution is 2.38. The molecule has 5 heteroatoms. The maximum absolute atomic E-state index is 6.02. The van der Waals surface area contributed by atoms with E-state index in [-0.39, 0.29) is 0 Å². The molecule has 0 unspecified atom stereocenters. The highest BCUT2D eigenvalue weighted by atomic mass is 16.3. The Morgan fingerprint density at radius 3 is 1.79 bits per heavy atom. The monoisotopic (exact) mass is 602 g/mol. The number of pyridine rings is 1. The van der Waals surface area contributed by atoms with Crippen molar-refractivity contribution in [3.8, 4) is 56.4 Å². The van der Waals surface area contributed by atoms with Crippen molar-refractivity contribution in [2.75, 3.05) is 0 Å². The van der Waals surface area contributed by atoms with Gasteiger partial charge >= 0.3 is 0 Å². The van der Waals surface area contributed by atoms with Gasteiger partial charge in [-0.15, -0.1) is 0 Å². The Hall–Kier alpha value is -6.46. The normalized spacial score (nSPS) is 11.4. The van der Waals surface area contributed by atoms with Gasteiger partial charge in [0.1, 0.15) is 5.58 Å². The summed E-state index contributed by atoms with van der Waals surface area (Å²) >= 11 is 0. The number of rotatable bonds is 5. The van der Waals surface area contributed by atoms with Gasteiger partial charge in [0.15, 0.2) is 17.5 Å². The minimum Gasteiger partial charge on any atom is -0.438 e. The van der Waals surface area contributed by atoms with E-state index in [1.54, 1.807) is 0 Å². The van der Waals surface area contributed by atoms with Crippen molar-refractivity contribution in [2.24, 2.45) is 0 Å². The molecule has 220 valence electrons. The summed E-state index contributed by atoms with van der Waals surface area (Å²) in [5, 5.41) is 4.39. The molecule has 3 aromatic heterocycles. The molecule has 0 saturated heterocycles. The highest BCUT2D eigenvalue weighted by Gasteiger charge is 2.18. The van der Waals surface area contributed by atoms with Gasteiger partial charge in [0, 0.05) is 39.2 Å². The van der Waals surface area contributed by atoms with E-state index >= 15 is 0 Å². The van der Waals surface area contributed by atoms with Crippen molar-refractivity contribution >= 4 is 32.8 Å². The van der Waals surface area contributed by atoms with Crippen LogP contribution in [0.15, 0.2) is 162 Å². The molecule has 0 saturated carbocycles. The molecule has 0 aliphatic heterocycles. The van der Waals surface area contributed by atoms with Gasteiger partial charge in [0.2, 0.25) is 5.71 Å². The Bertz CT molecular complexity index is 2520. The molecule has 0 amide bonds. The van der Waals surface area contributed by atoms with Crippen molar-refractivity contribution in [2.45, 2.75) is 0 Å². The number of furan rings is 1. The van der Waals surface area contributed by atoms with Gasteiger partial charge < -0.3 is 4.42 Å². The zero-order valence-corrected chi connectivity index (χ0v) is 25.2. The van der Waals surface area contributed by atoms with Crippen LogP contribution in [0.25, 0.3) is 89.3 Å². The Morgan fingerprint density at radius 1 is 0.383 bits per heavy atom. The minimum atomic E-state index is 0.602. The second-order valence-corrected chi connectivity index (χ2v) is 11.5. The molecular formula is C42H26N4O. The van der Waals surface area contributed by atoms with Crippen LogP contribution in [-0.4, -0.2) is 19.9 Å². The number of benzene rings is 6. The van der Waals surface area contributed by atoms with Crippen LogP contribution in [0.1, 0.15) is 0 Å². The fraction of sp³-hybridized carbons (Fsp3) is 0. The molecule has 0 fully saturated rings. The number of nitrogens with zero attached hydrogens (tertiary/aromatic N) is 4. The van der Waals surface area contributed by atoms with Crippen LogP contribution in [-0.2, 0) is 0 Å². The van der Waals surface area contributed by atoms with Crippen molar-refractivity contribution in [3.05, 3.63) is 158 Å². The van der Waals surface area contributed by atoms with Gasteiger partial charge in [0.25, 0.3) is 0 Å². The summed E-state index contributed by atoms with van der Waals surface area (Å²) in [7, 11) is 0. The first-order valence-corrected chi connectivity index (χ1v) is 15.5. The lowest BCUT2D eigenvalue weighted by Gasteiger charge is -2.14. The van der Waals surface area contributed by atoms with E-state index in [1.165, 1.54) is 10.8 Å². The average molecular weight is 603 g/mol. The van der Waals surface area contributed by atoms with E-state index in [4.69, 9.17) is 24.4 Å². The fourth-order valence-electron chi connectivity index (χ4n) is 6.21. The number of hydrogen-bond acceptors (Lipinski definition) is 5. The summed E-state index contributed by atoms with van der Waals surface area (Å²) in [6.45, 7) is 0. The standard InChI is InChI=1S/C42H26N4O/c1-3-12-28(13-4-1)39-44-40(29-14-5-2-6-15-29)46-41(45-39)36-24-31(21-22-34(36)32-20-19-27-11-7-8-16-30(27)23-32)33-25-37-35-17-9-10-18-38(35)47-42(37)43-26-33/h1-26H. The Kier molecular flexibility index (Phi) is 6.39. The van der Waals surface area contributed by atoms with Crippen LogP contribution < -0.4 is 0 Å². The van der Waals surface area contributed by atoms with Gasteiger partial charge in [-0.25, -0.2) is 19.9 Å². The van der Waals surface area contributed by atoms with E-state index in [1.807, 2.05) is 85.1 Å². The molecule has 3 heterocycles. The van der Waals surface area contributed by atoms with Gasteiger partial charge in [0.05, 0.1) is 0 Å². The molecule has 5 nitrogen and oxygen atoms in total. The molecule has 0 spiro atoms. The molecule has 9 aromatic rings. The summed E-state index contributed by atoms with van der Waals surface area (Å²) < 4.78 is 6.02. The minimum absolute atomic E-state index is 0.602. The van der Waals surface area contributed by atoms with Crippen molar-refractivity contribution in [1.29, 1.82) is 0 Å². The van der Waals surface area contributed by atoms with Gasteiger partial charge in [-0.1, -0.05) is 127 Å². The molecule has 9 rings (SSSR count). The first-order chi connectivity index (χ1) is 23.3. The topological polar surface area (TPSA) is 64.7 Å². The summed E-state index contributed by atoms with van der Waals surface area (Å²) in [6.07, 6.45) is 1.87. The molecule has 0 aliphatic carbocycles. The van der Waals surface area contributed by atoms with E-state index < -0.39 is 0 Å². The van der Waals surface area contributed by atoms with Crippen LogP contribution in [0.4, 0.5) is 0 Å². The molecule has 0 bridgehead atoms. The number of aromatic nitrogens is 4. The summed E-state index contributed by atoms with van der Waals surface area (Å²) in [6, 6.07) is 51.8. The molecule has 47 heavy (non-hydrogen) atoms. The molecule has 6 aromatic carbocycles. The highest BCUT2D eigenvalue weighted by molar-refractivity contribution is 6.05. The average Bonchev–Trinajstić information content (AvgIpc) is 3.53. The fourth-order valence-corrected chi connectivity index (χ4v) is 6.21. The first-order valence-electron chi connectivity index (χ1n) is 15.5. The smallest absolute Gasteiger partial charge is 0.227 e. The van der Waals surface area contributed by atoms with Crippen molar-refractivity contribution < 1.29 is 4.42 Å². The zero-order chi connectivity index (χ0) is 31.2. The predicted octanol–water partition coefficient (Wildman–Crippen LogP) is 10.7.